The lowest BCUT2D eigenvalue weighted by atomic mass is 10.0. The quantitative estimate of drug-likeness (QED) is 0.381. The highest BCUT2D eigenvalue weighted by Crippen LogP contribution is 2.34. The van der Waals surface area contributed by atoms with E-state index in [4.69, 9.17) is 12.2 Å². The first kappa shape index (κ1) is 17.2. The number of carbonyl (C=O) groups is 1. The van der Waals surface area contributed by atoms with Gasteiger partial charge in [-0.3, -0.25) is 9.69 Å². The fourth-order valence-electron chi connectivity index (χ4n) is 2.91. The predicted molar refractivity (Wildman–Crippen MR) is 108 cm³/mol. The Morgan fingerprint density at radius 1 is 1.08 bits per heavy atom. The largest absolute Gasteiger partial charge is 0.293 e. The van der Waals surface area contributed by atoms with Crippen molar-refractivity contribution in [2.45, 2.75) is 32.6 Å². The van der Waals surface area contributed by atoms with Gasteiger partial charge >= 0.3 is 0 Å². The maximum Gasteiger partial charge on any atom is 0.266 e. The number of carbonyl (C=O) groups excluding carboxylic acids is 1. The minimum atomic E-state index is 0.0504. The lowest BCUT2D eigenvalue weighted by Crippen LogP contribution is -2.28. The molecule has 2 aromatic carbocycles. The van der Waals surface area contributed by atoms with Crippen molar-refractivity contribution in [3.63, 3.8) is 0 Å². The van der Waals surface area contributed by atoms with Crippen LogP contribution in [0.5, 0.6) is 0 Å². The summed E-state index contributed by atoms with van der Waals surface area (Å²) in [6.07, 6.45) is 6.55. The molecule has 0 aliphatic carbocycles. The van der Waals surface area contributed by atoms with E-state index in [0.29, 0.717) is 4.32 Å². The monoisotopic (exact) mass is 355 g/mol. The zero-order valence-corrected chi connectivity index (χ0v) is 15.5. The Kier molecular flexibility index (Phi) is 5.69. The highest BCUT2D eigenvalue weighted by molar-refractivity contribution is 8.26. The predicted octanol–water partition coefficient (Wildman–Crippen LogP) is 5.62. The van der Waals surface area contributed by atoms with Crippen molar-refractivity contribution < 1.29 is 4.79 Å². The van der Waals surface area contributed by atoms with Crippen LogP contribution in [0.25, 0.3) is 16.8 Å². The third kappa shape index (κ3) is 3.70. The number of fused-ring (bicyclic) bond motifs is 1. The van der Waals surface area contributed by atoms with Gasteiger partial charge in [0.25, 0.3) is 5.91 Å². The smallest absolute Gasteiger partial charge is 0.266 e. The van der Waals surface area contributed by atoms with Gasteiger partial charge in [0, 0.05) is 6.54 Å². The van der Waals surface area contributed by atoms with Crippen molar-refractivity contribution in [3.05, 3.63) is 52.9 Å². The van der Waals surface area contributed by atoms with Crippen molar-refractivity contribution >= 4 is 51.1 Å². The number of hydrogen-bond acceptors (Lipinski definition) is 3. The molecule has 2 nitrogen and oxygen atoms in total. The molecule has 0 radical (unpaired) electrons. The van der Waals surface area contributed by atoms with E-state index in [9.17, 15) is 4.79 Å². The maximum atomic E-state index is 12.7. The SMILES string of the molecule is CCCCCCN1C(=O)/C(=C\c2cccc3ccccc23)SC1=S. The topological polar surface area (TPSA) is 20.3 Å². The second-order valence-corrected chi connectivity index (χ2v) is 7.64. The Bertz CT molecular complexity index is 792. The standard InChI is InChI=1S/C20H21NOS2/c1-2-3-4-7-13-21-19(22)18(24-20(21)23)14-16-11-8-10-15-9-5-6-12-17(15)16/h5-6,8-12,14H,2-4,7,13H2,1H3/b18-14+. The molecule has 0 bridgehead atoms. The molecule has 124 valence electrons. The van der Waals surface area contributed by atoms with E-state index in [1.165, 1.54) is 30.0 Å². The summed E-state index contributed by atoms with van der Waals surface area (Å²) < 4.78 is 0.683. The summed E-state index contributed by atoms with van der Waals surface area (Å²) in [5.74, 6) is 0.0504. The Hall–Kier alpha value is -1.65. The van der Waals surface area contributed by atoms with E-state index in [2.05, 4.69) is 31.2 Å². The van der Waals surface area contributed by atoms with Crippen molar-refractivity contribution in [1.29, 1.82) is 0 Å². The van der Waals surface area contributed by atoms with Crippen LogP contribution in [0.1, 0.15) is 38.2 Å². The van der Waals surface area contributed by atoms with E-state index in [0.717, 1.165) is 35.2 Å². The fourth-order valence-corrected chi connectivity index (χ4v) is 4.21. The molecule has 1 saturated heterocycles. The normalized spacial score (nSPS) is 16.5. The summed E-state index contributed by atoms with van der Waals surface area (Å²) in [6, 6.07) is 14.4. The Morgan fingerprint density at radius 3 is 2.71 bits per heavy atom. The first-order valence-electron chi connectivity index (χ1n) is 8.44. The summed E-state index contributed by atoms with van der Waals surface area (Å²) >= 11 is 6.83. The lowest BCUT2D eigenvalue weighted by Gasteiger charge is -2.13. The summed E-state index contributed by atoms with van der Waals surface area (Å²) in [6.45, 7) is 2.92. The Labute approximate surface area is 152 Å². The van der Waals surface area contributed by atoms with Gasteiger partial charge in [-0.05, 0) is 28.8 Å². The second kappa shape index (κ2) is 7.95. The van der Waals surface area contributed by atoms with Crippen molar-refractivity contribution in [1.82, 2.24) is 4.90 Å². The van der Waals surface area contributed by atoms with Gasteiger partial charge in [-0.1, -0.05) is 92.6 Å². The number of amides is 1. The molecule has 1 heterocycles. The fraction of sp³-hybridized carbons (Fsp3) is 0.300. The highest BCUT2D eigenvalue weighted by Gasteiger charge is 2.31. The molecule has 2 aromatic rings. The van der Waals surface area contributed by atoms with Crippen LogP contribution in [-0.4, -0.2) is 21.7 Å². The number of hydrogen-bond donors (Lipinski definition) is 0. The first-order valence-corrected chi connectivity index (χ1v) is 9.66. The number of nitrogens with zero attached hydrogens (tertiary/aromatic N) is 1. The number of rotatable bonds is 6. The van der Waals surface area contributed by atoms with Crippen molar-refractivity contribution in [2.75, 3.05) is 6.54 Å². The van der Waals surface area contributed by atoms with Crippen LogP contribution < -0.4 is 0 Å². The molecular formula is C20H21NOS2. The molecule has 0 spiro atoms. The van der Waals surface area contributed by atoms with Gasteiger partial charge in [-0.2, -0.15) is 0 Å². The van der Waals surface area contributed by atoms with Gasteiger partial charge in [0.05, 0.1) is 4.91 Å². The van der Waals surface area contributed by atoms with Gasteiger partial charge < -0.3 is 0 Å². The summed E-state index contributed by atoms with van der Waals surface area (Å²) in [4.78, 5) is 15.2. The van der Waals surface area contributed by atoms with Gasteiger partial charge in [-0.25, -0.2) is 0 Å². The third-order valence-corrected chi connectivity index (χ3v) is 5.60. The number of unbranched alkanes of at least 4 members (excludes halogenated alkanes) is 3. The summed E-state index contributed by atoms with van der Waals surface area (Å²) in [7, 11) is 0. The molecule has 0 N–H and O–H groups in total. The van der Waals surface area contributed by atoms with Crippen LogP contribution in [0, 0.1) is 0 Å². The number of benzene rings is 2. The van der Waals surface area contributed by atoms with Crippen LogP contribution in [0.2, 0.25) is 0 Å². The molecule has 0 saturated carbocycles. The molecule has 1 fully saturated rings. The maximum absolute atomic E-state index is 12.7. The number of thioether (sulfide) groups is 1. The third-order valence-electron chi connectivity index (χ3n) is 4.22. The molecule has 3 rings (SSSR count). The van der Waals surface area contributed by atoms with E-state index < -0.39 is 0 Å². The van der Waals surface area contributed by atoms with Gasteiger partial charge in [-0.15, -0.1) is 0 Å². The molecule has 24 heavy (non-hydrogen) atoms. The minimum absolute atomic E-state index is 0.0504. The molecule has 1 amide bonds. The van der Waals surface area contributed by atoms with Crippen molar-refractivity contribution in [2.24, 2.45) is 0 Å². The summed E-state index contributed by atoms with van der Waals surface area (Å²) in [5, 5.41) is 2.34. The van der Waals surface area contributed by atoms with E-state index in [-0.39, 0.29) is 5.91 Å². The van der Waals surface area contributed by atoms with Gasteiger partial charge in [0.1, 0.15) is 4.32 Å². The average molecular weight is 356 g/mol. The van der Waals surface area contributed by atoms with Crippen LogP contribution in [0.15, 0.2) is 47.4 Å². The molecule has 4 heteroatoms. The molecule has 0 aromatic heterocycles. The average Bonchev–Trinajstić information content (AvgIpc) is 2.86. The van der Waals surface area contributed by atoms with E-state index in [1.807, 2.05) is 24.3 Å². The summed E-state index contributed by atoms with van der Waals surface area (Å²) in [5.41, 5.74) is 1.07. The zero-order valence-electron chi connectivity index (χ0n) is 13.8. The first-order chi connectivity index (χ1) is 11.7. The van der Waals surface area contributed by atoms with E-state index >= 15 is 0 Å². The van der Waals surface area contributed by atoms with Crippen LogP contribution in [0.3, 0.4) is 0 Å². The van der Waals surface area contributed by atoms with Crippen LogP contribution in [-0.2, 0) is 4.79 Å². The Morgan fingerprint density at radius 2 is 1.88 bits per heavy atom. The van der Waals surface area contributed by atoms with E-state index in [1.54, 1.807) is 4.90 Å². The molecule has 1 aliphatic heterocycles. The highest BCUT2D eigenvalue weighted by atomic mass is 32.2. The van der Waals surface area contributed by atoms with Crippen LogP contribution >= 0.6 is 24.0 Å². The van der Waals surface area contributed by atoms with Crippen LogP contribution in [0.4, 0.5) is 0 Å². The molecular weight excluding hydrogens is 334 g/mol. The lowest BCUT2D eigenvalue weighted by molar-refractivity contribution is -0.122. The Balaban J connectivity index is 1.80. The molecule has 0 unspecified atom stereocenters. The zero-order chi connectivity index (χ0) is 16.9. The second-order valence-electron chi connectivity index (χ2n) is 5.96. The van der Waals surface area contributed by atoms with Gasteiger partial charge in [0.2, 0.25) is 0 Å². The van der Waals surface area contributed by atoms with Crippen molar-refractivity contribution in [3.8, 4) is 0 Å². The molecule has 0 atom stereocenters. The molecule has 1 aliphatic rings. The minimum Gasteiger partial charge on any atom is -0.293 e. The number of thiocarbonyl (C=S) groups is 1. The van der Waals surface area contributed by atoms with Gasteiger partial charge in [0.15, 0.2) is 0 Å².